The molecule has 0 amide bonds. The van der Waals surface area contributed by atoms with Gasteiger partial charge in [-0.05, 0) is 31.4 Å². The molecule has 3 heteroatoms. The fourth-order valence-electron chi connectivity index (χ4n) is 1.37. The molecule has 2 N–H and O–H groups in total. The van der Waals surface area contributed by atoms with Crippen molar-refractivity contribution in [1.29, 1.82) is 0 Å². The Morgan fingerprint density at radius 1 is 1.44 bits per heavy atom. The summed E-state index contributed by atoms with van der Waals surface area (Å²) in [7, 11) is 0. The van der Waals surface area contributed by atoms with E-state index in [2.05, 4.69) is 0 Å². The first kappa shape index (κ1) is 12.6. The minimum absolute atomic E-state index is 0.000574. The van der Waals surface area contributed by atoms with Crippen LogP contribution in [0.3, 0.4) is 0 Å². The third-order valence-corrected chi connectivity index (χ3v) is 2.56. The van der Waals surface area contributed by atoms with Gasteiger partial charge in [0, 0.05) is 12.1 Å². The molecular weight excluding hydrogens is 202 g/mol. The number of anilines is 1. The van der Waals surface area contributed by atoms with Crippen molar-refractivity contribution in [3.05, 3.63) is 29.8 Å². The van der Waals surface area contributed by atoms with Crippen molar-refractivity contribution in [1.82, 2.24) is 0 Å². The largest absolute Gasteiger partial charge is 0.463 e. The lowest BCUT2D eigenvalue weighted by Crippen LogP contribution is -2.14. The van der Waals surface area contributed by atoms with Gasteiger partial charge in [0.05, 0.1) is 6.10 Å². The van der Waals surface area contributed by atoms with Crippen molar-refractivity contribution in [3.63, 3.8) is 0 Å². The number of ether oxygens (including phenoxy) is 1. The predicted molar refractivity (Wildman–Crippen MR) is 65.0 cm³/mol. The molecule has 3 nitrogen and oxygen atoms in total. The SMILES string of the molecule is CCC(C)OC(=O)CCc1ccccc1N. The zero-order valence-corrected chi connectivity index (χ0v) is 9.90. The van der Waals surface area contributed by atoms with E-state index in [-0.39, 0.29) is 12.1 Å². The topological polar surface area (TPSA) is 52.3 Å². The molecule has 88 valence electrons. The first-order valence-electron chi connectivity index (χ1n) is 5.66. The number of carbonyl (C=O) groups is 1. The highest BCUT2D eigenvalue weighted by molar-refractivity contribution is 5.70. The molecule has 1 rings (SSSR count). The Balaban J connectivity index is 2.40. The van der Waals surface area contributed by atoms with Gasteiger partial charge in [0.15, 0.2) is 0 Å². The van der Waals surface area contributed by atoms with Gasteiger partial charge in [0.2, 0.25) is 0 Å². The third kappa shape index (κ3) is 3.93. The molecule has 16 heavy (non-hydrogen) atoms. The second-order valence-electron chi connectivity index (χ2n) is 3.91. The Hall–Kier alpha value is -1.51. The molecule has 0 saturated heterocycles. The molecule has 0 bridgehead atoms. The van der Waals surface area contributed by atoms with E-state index in [1.807, 2.05) is 38.1 Å². The van der Waals surface area contributed by atoms with Gasteiger partial charge in [0.1, 0.15) is 0 Å². The van der Waals surface area contributed by atoms with Crippen molar-refractivity contribution >= 4 is 11.7 Å². The van der Waals surface area contributed by atoms with Crippen LogP contribution in [0.25, 0.3) is 0 Å². The summed E-state index contributed by atoms with van der Waals surface area (Å²) in [6.45, 7) is 3.89. The number of esters is 1. The van der Waals surface area contributed by atoms with Gasteiger partial charge >= 0.3 is 5.97 Å². The number of para-hydroxylation sites is 1. The highest BCUT2D eigenvalue weighted by Gasteiger charge is 2.08. The minimum atomic E-state index is -0.155. The molecule has 0 saturated carbocycles. The van der Waals surface area contributed by atoms with Gasteiger partial charge < -0.3 is 10.5 Å². The van der Waals surface area contributed by atoms with Crippen LogP contribution in [0, 0.1) is 0 Å². The van der Waals surface area contributed by atoms with Gasteiger partial charge in [-0.15, -0.1) is 0 Å². The smallest absolute Gasteiger partial charge is 0.306 e. The van der Waals surface area contributed by atoms with E-state index in [1.54, 1.807) is 0 Å². The van der Waals surface area contributed by atoms with Crippen LogP contribution in [-0.4, -0.2) is 12.1 Å². The maximum Gasteiger partial charge on any atom is 0.306 e. The maximum absolute atomic E-state index is 11.4. The van der Waals surface area contributed by atoms with Crippen LogP contribution >= 0.6 is 0 Å². The van der Waals surface area contributed by atoms with Crippen molar-refractivity contribution in [2.45, 2.75) is 39.2 Å². The normalized spacial score (nSPS) is 12.1. The van der Waals surface area contributed by atoms with Gasteiger partial charge in [-0.3, -0.25) is 4.79 Å². The Kier molecular flexibility index (Phi) is 4.83. The number of nitrogen functional groups attached to an aromatic ring is 1. The average Bonchev–Trinajstić information content (AvgIpc) is 2.28. The van der Waals surface area contributed by atoms with E-state index < -0.39 is 0 Å². The maximum atomic E-state index is 11.4. The van der Waals surface area contributed by atoms with Crippen LogP contribution in [0.15, 0.2) is 24.3 Å². The molecule has 1 unspecified atom stereocenters. The Morgan fingerprint density at radius 3 is 2.75 bits per heavy atom. The van der Waals surface area contributed by atoms with Crippen LogP contribution in [0.5, 0.6) is 0 Å². The number of aryl methyl sites for hydroxylation is 1. The zero-order chi connectivity index (χ0) is 12.0. The predicted octanol–water partition coefficient (Wildman–Crippen LogP) is 2.54. The van der Waals surface area contributed by atoms with Crippen molar-refractivity contribution in [2.24, 2.45) is 0 Å². The van der Waals surface area contributed by atoms with Crippen molar-refractivity contribution < 1.29 is 9.53 Å². The quantitative estimate of drug-likeness (QED) is 0.614. The van der Waals surface area contributed by atoms with E-state index in [1.165, 1.54) is 0 Å². The molecule has 0 radical (unpaired) electrons. The molecule has 0 spiro atoms. The van der Waals surface area contributed by atoms with E-state index in [0.29, 0.717) is 12.8 Å². The molecule has 0 fully saturated rings. The Morgan fingerprint density at radius 2 is 2.12 bits per heavy atom. The van der Waals surface area contributed by atoms with Crippen LogP contribution in [-0.2, 0) is 16.0 Å². The van der Waals surface area contributed by atoms with E-state index >= 15 is 0 Å². The molecule has 1 atom stereocenters. The fraction of sp³-hybridized carbons (Fsp3) is 0.462. The lowest BCUT2D eigenvalue weighted by Gasteiger charge is -2.11. The number of hydrogen-bond donors (Lipinski definition) is 1. The molecule has 0 aliphatic carbocycles. The third-order valence-electron chi connectivity index (χ3n) is 2.56. The molecule has 1 aromatic rings. The molecule has 0 aliphatic heterocycles. The van der Waals surface area contributed by atoms with E-state index in [4.69, 9.17) is 10.5 Å². The standard InChI is InChI=1S/C13H19NO2/c1-3-10(2)16-13(15)9-8-11-6-4-5-7-12(11)14/h4-7,10H,3,8-9,14H2,1-2H3. The summed E-state index contributed by atoms with van der Waals surface area (Å²) in [4.78, 5) is 11.4. The molecule has 0 heterocycles. The monoisotopic (exact) mass is 221 g/mol. The summed E-state index contributed by atoms with van der Waals surface area (Å²) >= 11 is 0. The molecular formula is C13H19NO2. The summed E-state index contributed by atoms with van der Waals surface area (Å²) in [5.41, 5.74) is 7.52. The van der Waals surface area contributed by atoms with Gasteiger partial charge in [-0.2, -0.15) is 0 Å². The minimum Gasteiger partial charge on any atom is -0.463 e. The summed E-state index contributed by atoms with van der Waals surface area (Å²) in [6.07, 6.45) is 1.88. The number of hydrogen-bond acceptors (Lipinski definition) is 3. The lowest BCUT2D eigenvalue weighted by molar-refractivity contribution is -0.148. The lowest BCUT2D eigenvalue weighted by atomic mass is 10.1. The second kappa shape index (κ2) is 6.16. The summed E-state index contributed by atoms with van der Waals surface area (Å²) in [5.74, 6) is -0.155. The van der Waals surface area contributed by atoms with Crippen molar-refractivity contribution in [2.75, 3.05) is 5.73 Å². The van der Waals surface area contributed by atoms with Crippen LogP contribution < -0.4 is 5.73 Å². The first-order valence-corrected chi connectivity index (χ1v) is 5.66. The molecule has 0 aromatic heterocycles. The number of rotatable bonds is 5. The van der Waals surface area contributed by atoms with Crippen LogP contribution in [0.1, 0.15) is 32.3 Å². The highest BCUT2D eigenvalue weighted by Crippen LogP contribution is 2.13. The first-order chi connectivity index (χ1) is 7.63. The number of benzene rings is 1. The van der Waals surface area contributed by atoms with Crippen molar-refractivity contribution in [3.8, 4) is 0 Å². The fourth-order valence-corrected chi connectivity index (χ4v) is 1.37. The second-order valence-corrected chi connectivity index (χ2v) is 3.91. The molecule has 1 aromatic carbocycles. The number of nitrogens with two attached hydrogens (primary N) is 1. The number of carbonyl (C=O) groups excluding carboxylic acids is 1. The summed E-state index contributed by atoms with van der Waals surface area (Å²) in [5, 5.41) is 0. The summed E-state index contributed by atoms with van der Waals surface area (Å²) in [6, 6.07) is 7.59. The average molecular weight is 221 g/mol. The highest BCUT2D eigenvalue weighted by atomic mass is 16.5. The van der Waals surface area contributed by atoms with E-state index in [0.717, 1.165) is 17.7 Å². The van der Waals surface area contributed by atoms with Crippen LogP contribution in [0.2, 0.25) is 0 Å². The Labute approximate surface area is 96.6 Å². The van der Waals surface area contributed by atoms with Gasteiger partial charge in [0.25, 0.3) is 0 Å². The summed E-state index contributed by atoms with van der Waals surface area (Å²) < 4.78 is 5.18. The Bertz CT molecular complexity index is 350. The zero-order valence-electron chi connectivity index (χ0n) is 9.90. The molecule has 0 aliphatic rings. The van der Waals surface area contributed by atoms with Gasteiger partial charge in [-0.25, -0.2) is 0 Å². The van der Waals surface area contributed by atoms with Gasteiger partial charge in [-0.1, -0.05) is 25.1 Å². The van der Waals surface area contributed by atoms with Crippen LogP contribution in [0.4, 0.5) is 5.69 Å². The van der Waals surface area contributed by atoms with E-state index in [9.17, 15) is 4.79 Å².